The number of carbonyl (C=O) groups excluding carboxylic acids is 1. The van der Waals surface area contributed by atoms with E-state index in [1.807, 2.05) is 31.2 Å². The maximum absolute atomic E-state index is 12.7. The first kappa shape index (κ1) is 23.7. The highest BCUT2D eigenvalue weighted by Crippen LogP contribution is 2.32. The summed E-state index contributed by atoms with van der Waals surface area (Å²) in [6, 6.07) is 20.3. The quantitative estimate of drug-likeness (QED) is 0.368. The zero-order chi connectivity index (χ0) is 24.3. The molecule has 7 nitrogen and oxygen atoms in total. The highest BCUT2D eigenvalue weighted by atomic mass is 32.2. The molecule has 0 aliphatic carbocycles. The van der Waals surface area contributed by atoms with Crippen molar-refractivity contribution < 1.29 is 17.9 Å². The molecule has 34 heavy (non-hydrogen) atoms. The summed E-state index contributed by atoms with van der Waals surface area (Å²) in [5.41, 5.74) is 3.98. The van der Waals surface area contributed by atoms with E-state index >= 15 is 0 Å². The van der Waals surface area contributed by atoms with Crippen molar-refractivity contribution in [2.24, 2.45) is 0 Å². The predicted molar refractivity (Wildman–Crippen MR) is 138 cm³/mol. The molecule has 0 saturated heterocycles. The smallest absolute Gasteiger partial charge is 0.245 e. The van der Waals surface area contributed by atoms with Gasteiger partial charge in [0.15, 0.2) is 0 Å². The number of thiazole rings is 1. The van der Waals surface area contributed by atoms with Crippen molar-refractivity contribution in [1.82, 2.24) is 4.98 Å². The molecule has 1 amide bonds. The molecule has 0 aliphatic heterocycles. The number of fused-ring (bicyclic) bond motifs is 1. The van der Waals surface area contributed by atoms with Crippen molar-refractivity contribution in [2.75, 3.05) is 29.0 Å². The first-order chi connectivity index (χ1) is 16.2. The number of carbonyl (C=O) groups is 1. The van der Waals surface area contributed by atoms with Crippen LogP contribution in [0, 0.1) is 6.92 Å². The Bertz CT molecular complexity index is 1430. The number of para-hydroxylation sites is 2. The van der Waals surface area contributed by atoms with Crippen LogP contribution in [-0.4, -0.2) is 38.7 Å². The van der Waals surface area contributed by atoms with Crippen LogP contribution < -0.4 is 14.4 Å². The number of rotatable bonds is 8. The minimum atomic E-state index is -3.72. The lowest BCUT2D eigenvalue weighted by atomic mass is 10.2. The van der Waals surface area contributed by atoms with Crippen molar-refractivity contribution >= 4 is 48.9 Å². The number of hydrogen-bond donors (Lipinski definition) is 1. The molecular formula is C25H25N3O4S2. The van der Waals surface area contributed by atoms with E-state index in [9.17, 15) is 13.2 Å². The molecule has 0 bridgehead atoms. The van der Waals surface area contributed by atoms with Crippen molar-refractivity contribution in [3.8, 4) is 16.3 Å². The van der Waals surface area contributed by atoms with Gasteiger partial charge in [0.05, 0.1) is 28.8 Å². The average molecular weight is 496 g/mol. The molecule has 176 valence electrons. The lowest BCUT2D eigenvalue weighted by molar-refractivity contribution is -0.114. The van der Waals surface area contributed by atoms with Crippen LogP contribution in [0.4, 0.5) is 11.4 Å². The molecule has 1 aromatic heterocycles. The van der Waals surface area contributed by atoms with Gasteiger partial charge in [0.25, 0.3) is 0 Å². The average Bonchev–Trinajstić information content (AvgIpc) is 3.21. The number of ether oxygens (including phenoxy) is 1. The van der Waals surface area contributed by atoms with Gasteiger partial charge in [0.1, 0.15) is 17.3 Å². The van der Waals surface area contributed by atoms with E-state index in [0.29, 0.717) is 23.7 Å². The topological polar surface area (TPSA) is 88.6 Å². The van der Waals surface area contributed by atoms with E-state index < -0.39 is 15.9 Å². The molecule has 3 aromatic carbocycles. The summed E-state index contributed by atoms with van der Waals surface area (Å²) in [5.74, 6) is -0.0569. The lowest BCUT2D eigenvalue weighted by Gasteiger charge is -2.24. The Morgan fingerprint density at radius 3 is 2.53 bits per heavy atom. The predicted octanol–water partition coefficient (Wildman–Crippen LogP) is 5.08. The van der Waals surface area contributed by atoms with Crippen molar-refractivity contribution in [1.29, 1.82) is 0 Å². The Morgan fingerprint density at radius 1 is 1.09 bits per heavy atom. The Balaban J connectivity index is 1.50. The Morgan fingerprint density at radius 2 is 1.82 bits per heavy atom. The number of nitrogens with one attached hydrogen (secondary N) is 1. The standard InChI is InChI=1S/C25H25N3O4S2/c1-4-32-22-8-6-5-7-21(22)28(34(3,30)31)16-24(29)26-19-12-10-18(11-13-19)25-27-20-14-9-17(2)15-23(20)33-25/h5-15H,4,16H2,1-3H3,(H,26,29). The van der Waals surface area contributed by atoms with E-state index in [0.717, 1.165) is 31.3 Å². The van der Waals surface area contributed by atoms with Gasteiger partial charge in [-0.25, -0.2) is 13.4 Å². The molecule has 0 aliphatic rings. The summed E-state index contributed by atoms with van der Waals surface area (Å²) in [7, 11) is -3.72. The SMILES string of the molecule is CCOc1ccccc1N(CC(=O)Nc1ccc(-c2nc3ccc(C)cc3s2)cc1)S(C)(=O)=O. The van der Waals surface area contributed by atoms with Crippen LogP contribution in [0.5, 0.6) is 5.75 Å². The summed E-state index contributed by atoms with van der Waals surface area (Å²) in [6.07, 6.45) is 1.07. The van der Waals surface area contributed by atoms with Crippen LogP contribution in [0.3, 0.4) is 0 Å². The van der Waals surface area contributed by atoms with E-state index in [1.165, 1.54) is 5.56 Å². The van der Waals surface area contributed by atoms with E-state index in [4.69, 9.17) is 4.74 Å². The molecule has 4 aromatic rings. The molecule has 4 rings (SSSR count). The Kier molecular flexibility index (Phi) is 6.85. The van der Waals surface area contributed by atoms with Crippen LogP contribution in [0.1, 0.15) is 12.5 Å². The molecular weight excluding hydrogens is 470 g/mol. The largest absolute Gasteiger partial charge is 0.492 e. The van der Waals surface area contributed by atoms with Gasteiger partial charge in [0, 0.05) is 11.3 Å². The maximum atomic E-state index is 12.7. The zero-order valence-electron chi connectivity index (χ0n) is 19.1. The van der Waals surface area contributed by atoms with Gasteiger partial charge in [-0.05, 0) is 67.9 Å². The number of anilines is 2. The van der Waals surface area contributed by atoms with Gasteiger partial charge in [0.2, 0.25) is 15.9 Å². The van der Waals surface area contributed by atoms with Gasteiger partial charge in [-0.2, -0.15) is 0 Å². The molecule has 0 unspecified atom stereocenters. The maximum Gasteiger partial charge on any atom is 0.245 e. The fourth-order valence-electron chi connectivity index (χ4n) is 3.50. The molecule has 0 saturated carbocycles. The Labute approximate surface area is 203 Å². The van der Waals surface area contributed by atoms with Gasteiger partial charge < -0.3 is 10.1 Å². The minimum absolute atomic E-state index is 0.323. The van der Waals surface area contributed by atoms with Gasteiger partial charge in [-0.15, -0.1) is 11.3 Å². The van der Waals surface area contributed by atoms with Crippen LogP contribution in [0.25, 0.3) is 20.8 Å². The van der Waals surface area contributed by atoms with Gasteiger partial charge in [-0.1, -0.05) is 18.2 Å². The van der Waals surface area contributed by atoms with Crippen LogP contribution in [0.15, 0.2) is 66.7 Å². The van der Waals surface area contributed by atoms with E-state index in [-0.39, 0.29) is 6.54 Å². The van der Waals surface area contributed by atoms with E-state index in [2.05, 4.69) is 23.3 Å². The third-order valence-electron chi connectivity index (χ3n) is 5.08. The monoisotopic (exact) mass is 495 g/mol. The lowest BCUT2D eigenvalue weighted by Crippen LogP contribution is -2.37. The summed E-state index contributed by atoms with van der Waals surface area (Å²) in [6.45, 7) is 3.87. The fourth-order valence-corrected chi connectivity index (χ4v) is 5.43. The number of aromatic nitrogens is 1. The Hall–Kier alpha value is -3.43. The molecule has 0 atom stereocenters. The summed E-state index contributed by atoms with van der Waals surface area (Å²) in [4.78, 5) is 17.4. The molecule has 9 heteroatoms. The van der Waals surface area contributed by atoms with Crippen LogP contribution >= 0.6 is 11.3 Å². The van der Waals surface area contributed by atoms with Crippen molar-refractivity contribution in [2.45, 2.75) is 13.8 Å². The van der Waals surface area contributed by atoms with Crippen LogP contribution in [-0.2, 0) is 14.8 Å². The number of sulfonamides is 1. The fraction of sp³-hybridized carbons (Fsp3) is 0.200. The van der Waals surface area contributed by atoms with Crippen LogP contribution in [0.2, 0.25) is 0 Å². The molecule has 0 fully saturated rings. The van der Waals surface area contributed by atoms with Crippen molar-refractivity contribution in [3.05, 3.63) is 72.3 Å². The first-order valence-corrected chi connectivity index (χ1v) is 13.4. The second kappa shape index (κ2) is 9.82. The number of benzene rings is 3. The third kappa shape index (κ3) is 5.37. The number of nitrogens with zero attached hydrogens (tertiary/aromatic N) is 2. The second-order valence-electron chi connectivity index (χ2n) is 7.79. The van der Waals surface area contributed by atoms with Crippen molar-refractivity contribution in [3.63, 3.8) is 0 Å². The highest BCUT2D eigenvalue weighted by Gasteiger charge is 2.24. The zero-order valence-corrected chi connectivity index (χ0v) is 20.7. The highest BCUT2D eigenvalue weighted by molar-refractivity contribution is 7.92. The van der Waals surface area contributed by atoms with E-state index in [1.54, 1.807) is 47.7 Å². The second-order valence-corrected chi connectivity index (χ2v) is 10.7. The third-order valence-corrected chi connectivity index (χ3v) is 7.27. The molecule has 0 radical (unpaired) electrons. The first-order valence-electron chi connectivity index (χ1n) is 10.7. The summed E-state index contributed by atoms with van der Waals surface area (Å²) in [5, 5.41) is 3.67. The normalized spacial score (nSPS) is 11.4. The molecule has 1 heterocycles. The minimum Gasteiger partial charge on any atom is -0.492 e. The van der Waals surface area contributed by atoms with Gasteiger partial charge in [-0.3, -0.25) is 9.10 Å². The number of hydrogen-bond acceptors (Lipinski definition) is 6. The number of amides is 1. The number of aryl methyl sites for hydroxylation is 1. The van der Waals surface area contributed by atoms with Gasteiger partial charge >= 0.3 is 0 Å². The molecule has 1 N–H and O–H groups in total. The molecule has 0 spiro atoms. The summed E-state index contributed by atoms with van der Waals surface area (Å²) < 4.78 is 32.6. The summed E-state index contributed by atoms with van der Waals surface area (Å²) >= 11 is 1.61.